The number of fused-ring (bicyclic) bond motifs is 1. The van der Waals surface area contributed by atoms with Crippen LogP contribution in [0, 0.1) is 32.1 Å². The molecule has 7 heteroatoms. The van der Waals surface area contributed by atoms with Crippen LogP contribution in [-0.4, -0.2) is 21.6 Å². The summed E-state index contributed by atoms with van der Waals surface area (Å²) in [5.74, 6) is -1.39. The number of thiophene rings is 1. The zero-order chi connectivity index (χ0) is 23.7. The van der Waals surface area contributed by atoms with Gasteiger partial charge in [0.15, 0.2) is 0 Å². The van der Waals surface area contributed by atoms with Gasteiger partial charge < -0.3 is 15.0 Å². The fourth-order valence-electron chi connectivity index (χ4n) is 4.40. The van der Waals surface area contributed by atoms with E-state index in [2.05, 4.69) is 5.32 Å². The van der Waals surface area contributed by atoms with Crippen LogP contribution >= 0.6 is 11.3 Å². The second kappa shape index (κ2) is 9.08. The van der Waals surface area contributed by atoms with Gasteiger partial charge >= 0.3 is 5.97 Å². The number of nitriles is 1. The number of benzene rings is 1. The maximum Gasteiger partial charge on any atom is 0.339 e. The number of hydrogen-bond donors (Lipinski definition) is 2. The molecule has 0 unspecified atom stereocenters. The molecule has 3 aromatic rings. The van der Waals surface area contributed by atoms with Crippen molar-refractivity contribution in [1.82, 2.24) is 4.57 Å². The Morgan fingerprint density at radius 2 is 1.94 bits per heavy atom. The van der Waals surface area contributed by atoms with Crippen molar-refractivity contribution in [3.63, 3.8) is 0 Å². The first kappa shape index (κ1) is 22.6. The molecule has 0 radical (unpaired) electrons. The van der Waals surface area contributed by atoms with Crippen LogP contribution in [0.5, 0.6) is 0 Å². The number of hydrogen-bond acceptors (Lipinski definition) is 4. The van der Waals surface area contributed by atoms with Gasteiger partial charge in [-0.05, 0) is 87.4 Å². The molecule has 2 aromatic heterocycles. The molecule has 168 valence electrons. The topological polar surface area (TPSA) is 95.1 Å². The summed E-state index contributed by atoms with van der Waals surface area (Å²) >= 11 is 1.54. The number of rotatable bonds is 5. The second-order valence-corrected chi connectivity index (χ2v) is 9.44. The highest BCUT2D eigenvalue weighted by molar-refractivity contribution is 7.15. The molecular weight excluding hydrogens is 434 g/mol. The number of aromatic carboxylic acids is 1. The molecule has 2 N–H and O–H groups in total. The molecule has 4 rings (SSSR count). The van der Waals surface area contributed by atoms with Crippen LogP contribution in [0.2, 0.25) is 0 Å². The summed E-state index contributed by atoms with van der Waals surface area (Å²) in [5, 5.41) is 23.1. The van der Waals surface area contributed by atoms with Crippen molar-refractivity contribution < 1.29 is 14.7 Å². The molecule has 2 heterocycles. The maximum atomic E-state index is 12.7. The van der Waals surface area contributed by atoms with E-state index < -0.39 is 11.9 Å². The third-order valence-corrected chi connectivity index (χ3v) is 7.26. The minimum atomic E-state index is -0.913. The Balaban J connectivity index is 1.73. The number of aromatic nitrogens is 1. The normalized spacial score (nSPS) is 13.3. The first-order valence-corrected chi connectivity index (χ1v) is 11.7. The highest BCUT2D eigenvalue weighted by Crippen LogP contribution is 2.39. The quantitative estimate of drug-likeness (QED) is 0.384. The van der Waals surface area contributed by atoms with Gasteiger partial charge in [0.2, 0.25) is 0 Å². The van der Waals surface area contributed by atoms with E-state index in [-0.39, 0.29) is 5.57 Å². The number of amides is 1. The second-order valence-electron chi connectivity index (χ2n) is 8.35. The minimum Gasteiger partial charge on any atom is -0.478 e. The third-order valence-electron chi connectivity index (χ3n) is 5.98. The zero-order valence-electron chi connectivity index (χ0n) is 18.9. The van der Waals surface area contributed by atoms with Crippen molar-refractivity contribution in [2.45, 2.75) is 46.5 Å². The average molecular weight is 460 g/mol. The first-order chi connectivity index (χ1) is 15.8. The number of carbonyl (C=O) groups excluding carboxylic acids is 1. The Morgan fingerprint density at radius 1 is 1.18 bits per heavy atom. The fraction of sp³-hybridized carbons (Fsp3) is 0.269. The number of nitrogens with zero attached hydrogens (tertiary/aromatic N) is 2. The molecule has 1 aromatic carbocycles. The van der Waals surface area contributed by atoms with Gasteiger partial charge in [0, 0.05) is 22.0 Å². The highest BCUT2D eigenvalue weighted by atomic mass is 32.1. The molecule has 0 saturated carbocycles. The summed E-state index contributed by atoms with van der Waals surface area (Å²) < 4.78 is 1.94. The summed E-state index contributed by atoms with van der Waals surface area (Å²) in [6.07, 6.45) is 5.34. The van der Waals surface area contributed by atoms with Crippen molar-refractivity contribution in [3.05, 3.63) is 74.4 Å². The van der Waals surface area contributed by atoms with E-state index in [1.807, 2.05) is 55.7 Å². The number of aryl methyl sites for hydroxylation is 3. The van der Waals surface area contributed by atoms with Gasteiger partial charge in [-0.3, -0.25) is 4.79 Å². The minimum absolute atomic E-state index is 0.0133. The molecule has 1 aliphatic carbocycles. The van der Waals surface area contributed by atoms with Gasteiger partial charge in [0.05, 0.1) is 5.56 Å². The van der Waals surface area contributed by atoms with Gasteiger partial charge in [-0.2, -0.15) is 5.26 Å². The largest absolute Gasteiger partial charge is 0.478 e. The van der Waals surface area contributed by atoms with Crippen molar-refractivity contribution in [2.75, 3.05) is 5.32 Å². The summed E-state index contributed by atoms with van der Waals surface area (Å²) in [7, 11) is 0. The Labute approximate surface area is 196 Å². The summed E-state index contributed by atoms with van der Waals surface area (Å²) in [5.41, 5.74) is 5.32. The summed E-state index contributed by atoms with van der Waals surface area (Å²) in [6, 6.07) is 11.3. The lowest BCUT2D eigenvalue weighted by atomic mass is 9.95. The molecular formula is C26H25N3O3S. The number of nitrogens with one attached hydrogen (secondary N) is 1. The molecule has 6 nitrogen and oxygen atoms in total. The van der Waals surface area contributed by atoms with E-state index in [4.69, 9.17) is 0 Å². The Kier molecular flexibility index (Phi) is 6.21. The molecule has 0 aliphatic heterocycles. The van der Waals surface area contributed by atoms with Crippen LogP contribution in [0.4, 0.5) is 5.69 Å². The molecule has 1 aliphatic rings. The van der Waals surface area contributed by atoms with Crippen LogP contribution in [0.3, 0.4) is 0 Å². The van der Waals surface area contributed by atoms with Crippen LogP contribution in [0.25, 0.3) is 11.1 Å². The third kappa shape index (κ3) is 4.35. The molecule has 0 atom stereocenters. The Hall–Kier alpha value is -3.63. The SMILES string of the molecule is Cc1cccc(NC(=O)C(C#N)=Cc2cc(C)n(-c3sc4c(c3C(=O)O)CCCC4)c2C)c1. The number of anilines is 1. The lowest BCUT2D eigenvalue weighted by molar-refractivity contribution is -0.112. The standard InChI is InChI=1S/C26H25N3O3S/c1-15-7-6-8-20(11-15)28-24(30)19(14-27)13-18-12-16(2)29(17(18)3)25-23(26(31)32)21-9-4-5-10-22(21)33-25/h6-8,11-13H,4-5,9-10H2,1-3H3,(H,28,30)(H,31,32). The molecule has 0 bridgehead atoms. The predicted octanol–water partition coefficient (Wildman–Crippen LogP) is 5.59. The van der Waals surface area contributed by atoms with Gasteiger partial charge in [0.1, 0.15) is 16.6 Å². The van der Waals surface area contributed by atoms with E-state index in [9.17, 15) is 20.0 Å². The van der Waals surface area contributed by atoms with Crippen molar-refractivity contribution in [3.8, 4) is 11.1 Å². The maximum absolute atomic E-state index is 12.7. The van der Waals surface area contributed by atoms with Crippen molar-refractivity contribution >= 4 is 35.0 Å². The van der Waals surface area contributed by atoms with Gasteiger partial charge in [-0.25, -0.2) is 4.79 Å². The summed E-state index contributed by atoms with van der Waals surface area (Å²) in [6.45, 7) is 5.73. The van der Waals surface area contributed by atoms with E-state index in [1.54, 1.807) is 12.1 Å². The average Bonchev–Trinajstić information content (AvgIpc) is 3.28. The predicted molar refractivity (Wildman–Crippen MR) is 130 cm³/mol. The van der Waals surface area contributed by atoms with E-state index in [0.717, 1.165) is 53.1 Å². The summed E-state index contributed by atoms with van der Waals surface area (Å²) in [4.78, 5) is 26.0. The molecule has 0 fully saturated rings. The molecule has 0 spiro atoms. The number of carbonyl (C=O) groups is 2. The molecule has 1 amide bonds. The smallest absolute Gasteiger partial charge is 0.339 e. The highest BCUT2D eigenvalue weighted by Gasteiger charge is 2.27. The van der Waals surface area contributed by atoms with E-state index in [0.29, 0.717) is 21.8 Å². The van der Waals surface area contributed by atoms with Gasteiger partial charge in [0.25, 0.3) is 5.91 Å². The van der Waals surface area contributed by atoms with Crippen LogP contribution < -0.4 is 5.32 Å². The zero-order valence-corrected chi connectivity index (χ0v) is 19.7. The van der Waals surface area contributed by atoms with Crippen molar-refractivity contribution in [2.24, 2.45) is 0 Å². The lowest BCUT2D eigenvalue weighted by Crippen LogP contribution is -2.13. The van der Waals surface area contributed by atoms with Gasteiger partial charge in [-0.1, -0.05) is 12.1 Å². The fourth-order valence-corrected chi connectivity index (χ4v) is 5.89. The van der Waals surface area contributed by atoms with Gasteiger partial charge in [-0.15, -0.1) is 11.3 Å². The number of carboxylic acids is 1. The van der Waals surface area contributed by atoms with Crippen LogP contribution in [0.1, 0.15) is 56.2 Å². The molecule has 0 saturated heterocycles. The number of carboxylic acid groups (broad SMARTS) is 1. The van der Waals surface area contributed by atoms with Crippen LogP contribution in [-0.2, 0) is 17.6 Å². The van der Waals surface area contributed by atoms with Crippen molar-refractivity contribution in [1.29, 1.82) is 5.26 Å². The first-order valence-electron chi connectivity index (χ1n) is 10.9. The Morgan fingerprint density at radius 3 is 2.64 bits per heavy atom. The molecule has 33 heavy (non-hydrogen) atoms. The van der Waals surface area contributed by atoms with Crippen LogP contribution in [0.15, 0.2) is 35.9 Å². The van der Waals surface area contributed by atoms with E-state index >= 15 is 0 Å². The monoisotopic (exact) mass is 459 g/mol. The Bertz CT molecular complexity index is 1340. The van der Waals surface area contributed by atoms with E-state index in [1.165, 1.54) is 11.3 Å². The lowest BCUT2D eigenvalue weighted by Gasteiger charge is -2.11.